The molecule has 0 aromatic carbocycles. The van der Waals surface area contributed by atoms with Crippen LogP contribution in [0, 0.1) is 5.92 Å². The van der Waals surface area contributed by atoms with E-state index in [1.807, 2.05) is 13.8 Å². The van der Waals surface area contributed by atoms with Crippen LogP contribution < -0.4 is 0 Å². The van der Waals surface area contributed by atoms with Gasteiger partial charge >= 0.3 is 5.97 Å². The first-order valence-electron chi connectivity index (χ1n) is 5.54. The summed E-state index contributed by atoms with van der Waals surface area (Å²) < 4.78 is 5.02. The molecule has 0 spiro atoms. The molecule has 1 aliphatic heterocycles. The number of carbonyl (C=O) groups is 1. The third kappa shape index (κ3) is 3.22. The monoisotopic (exact) mass is 212 g/mol. The predicted molar refractivity (Wildman–Crippen MR) is 60.0 cm³/mol. The minimum atomic E-state index is -0.0387. The van der Waals surface area contributed by atoms with Gasteiger partial charge in [-0.1, -0.05) is 0 Å². The van der Waals surface area contributed by atoms with Gasteiger partial charge in [0.15, 0.2) is 0 Å². The fraction of sp³-hybridized carbons (Fsp3) is 0.818. The number of hydrogen-bond donors (Lipinski definition) is 0. The second-order valence-electron chi connectivity index (χ2n) is 3.78. The summed E-state index contributed by atoms with van der Waals surface area (Å²) in [6.45, 7) is 6.15. The van der Waals surface area contributed by atoms with E-state index >= 15 is 0 Å². The SMILES string of the molecule is CCOC(=O)C1CCN(C(C)=NC)CC1. The average molecular weight is 212 g/mol. The molecule has 0 atom stereocenters. The van der Waals surface area contributed by atoms with Crippen molar-refractivity contribution in [3.8, 4) is 0 Å². The van der Waals surface area contributed by atoms with E-state index in [9.17, 15) is 4.79 Å². The normalized spacial score (nSPS) is 19.1. The van der Waals surface area contributed by atoms with Crippen molar-refractivity contribution in [2.75, 3.05) is 26.7 Å². The molecule has 86 valence electrons. The molecule has 1 saturated heterocycles. The number of likely N-dealkylation sites (tertiary alicyclic amines) is 1. The van der Waals surface area contributed by atoms with Gasteiger partial charge < -0.3 is 9.64 Å². The summed E-state index contributed by atoms with van der Waals surface area (Å²) in [5, 5.41) is 0. The molecule has 4 nitrogen and oxygen atoms in total. The number of carbonyl (C=O) groups excluding carboxylic acids is 1. The largest absolute Gasteiger partial charge is 0.466 e. The maximum Gasteiger partial charge on any atom is 0.309 e. The van der Waals surface area contributed by atoms with Gasteiger partial charge in [-0.2, -0.15) is 0 Å². The summed E-state index contributed by atoms with van der Waals surface area (Å²) in [4.78, 5) is 17.8. The van der Waals surface area contributed by atoms with Crippen molar-refractivity contribution in [2.45, 2.75) is 26.7 Å². The van der Waals surface area contributed by atoms with Gasteiger partial charge in [-0.15, -0.1) is 0 Å². The van der Waals surface area contributed by atoms with Gasteiger partial charge in [0.25, 0.3) is 0 Å². The first kappa shape index (κ1) is 12.0. The Labute approximate surface area is 91.3 Å². The number of ether oxygens (including phenoxy) is 1. The smallest absolute Gasteiger partial charge is 0.309 e. The highest BCUT2D eigenvalue weighted by Gasteiger charge is 2.26. The van der Waals surface area contributed by atoms with Crippen molar-refractivity contribution in [3.05, 3.63) is 0 Å². The Balaban J connectivity index is 2.39. The molecule has 0 saturated carbocycles. The number of amidine groups is 1. The Morgan fingerprint density at radius 2 is 2.07 bits per heavy atom. The molecule has 0 aromatic rings. The van der Waals surface area contributed by atoms with E-state index in [0.717, 1.165) is 31.8 Å². The predicted octanol–water partition coefficient (Wildman–Crippen LogP) is 1.31. The zero-order chi connectivity index (χ0) is 11.3. The zero-order valence-corrected chi connectivity index (χ0v) is 9.82. The van der Waals surface area contributed by atoms with Crippen LogP contribution in [-0.4, -0.2) is 43.4 Å². The fourth-order valence-electron chi connectivity index (χ4n) is 1.84. The number of aliphatic imine (C=N–C) groups is 1. The Hall–Kier alpha value is -1.06. The third-order valence-corrected chi connectivity index (χ3v) is 2.90. The van der Waals surface area contributed by atoms with Crippen LogP contribution in [0.2, 0.25) is 0 Å². The van der Waals surface area contributed by atoms with Crippen molar-refractivity contribution in [3.63, 3.8) is 0 Å². The van der Waals surface area contributed by atoms with Crippen molar-refractivity contribution in [1.82, 2.24) is 4.90 Å². The van der Waals surface area contributed by atoms with E-state index in [-0.39, 0.29) is 11.9 Å². The molecule has 1 rings (SSSR count). The molecular weight excluding hydrogens is 192 g/mol. The summed E-state index contributed by atoms with van der Waals surface area (Å²) in [7, 11) is 1.80. The molecule has 1 heterocycles. The van der Waals surface area contributed by atoms with E-state index in [1.165, 1.54) is 0 Å². The number of rotatable bonds is 2. The minimum Gasteiger partial charge on any atom is -0.466 e. The maximum absolute atomic E-state index is 11.5. The van der Waals surface area contributed by atoms with E-state index < -0.39 is 0 Å². The summed E-state index contributed by atoms with van der Waals surface area (Å²) in [5.74, 6) is 1.10. The van der Waals surface area contributed by atoms with Crippen LogP contribution in [0.5, 0.6) is 0 Å². The van der Waals surface area contributed by atoms with Crippen LogP contribution in [0.15, 0.2) is 4.99 Å². The van der Waals surface area contributed by atoms with Crippen LogP contribution in [0.4, 0.5) is 0 Å². The maximum atomic E-state index is 11.5. The lowest BCUT2D eigenvalue weighted by atomic mass is 9.97. The minimum absolute atomic E-state index is 0.0387. The van der Waals surface area contributed by atoms with E-state index in [1.54, 1.807) is 7.05 Å². The quantitative estimate of drug-likeness (QED) is 0.394. The van der Waals surface area contributed by atoms with Crippen LogP contribution >= 0.6 is 0 Å². The van der Waals surface area contributed by atoms with Gasteiger partial charge in [-0.3, -0.25) is 9.79 Å². The number of hydrogen-bond acceptors (Lipinski definition) is 3. The Morgan fingerprint density at radius 3 is 2.53 bits per heavy atom. The van der Waals surface area contributed by atoms with Gasteiger partial charge in [0.05, 0.1) is 18.4 Å². The van der Waals surface area contributed by atoms with Crippen LogP contribution in [0.3, 0.4) is 0 Å². The van der Waals surface area contributed by atoms with Gasteiger partial charge in [-0.05, 0) is 26.7 Å². The van der Waals surface area contributed by atoms with Crippen molar-refractivity contribution in [2.24, 2.45) is 10.9 Å². The third-order valence-electron chi connectivity index (χ3n) is 2.90. The Kier molecular flexibility index (Phi) is 4.59. The zero-order valence-electron chi connectivity index (χ0n) is 9.82. The number of nitrogens with zero attached hydrogens (tertiary/aromatic N) is 2. The van der Waals surface area contributed by atoms with Crippen LogP contribution in [0.1, 0.15) is 26.7 Å². The highest BCUT2D eigenvalue weighted by molar-refractivity contribution is 5.80. The Morgan fingerprint density at radius 1 is 1.47 bits per heavy atom. The molecule has 15 heavy (non-hydrogen) atoms. The first-order chi connectivity index (χ1) is 7.19. The lowest BCUT2D eigenvalue weighted by Gasteiger charge is -2.31. The second kappa shape index (κ2) is 5.73. The van der Waals surface area contributed by atoms with Gasteiger partial charge in [0, 0.05) is 20.1 Å². The van der Waals surface area contributed by atoms with E-state index in [4.69, 9.17) is 4.74 Å². The number of piperidine rings is 1. The molecule has 0 bridgehead atoms. The highest BCUT2D eigenvalue weighted by Crippen LogP contribution is 2.18. The van der Waals surface area contributed by atoms with E-state index in [2.05, 4.69) is 9.89 Å². The van der Waals surface area contributed by atoms with Crippen molar-refractivity contribution in [1.29, 1.82) is 0 Å². The van der Waals surface area contributed by atoms with Gasteiger partial charge in [-0.25, -0.2) is 0 Å². The standard InChI is InChI=1S/C11H20N2O2/c1-4-15-11(14)10-5-7-13(8-6-10)9(2)12-3/h10H,4-8H2,1-3H3. The number of esters is 1. The molecule has 1 fully saturated rings. The lowest BCUT2D eigenvalue weighted by Crippen LogP contribution is -2.39. The second-order valence-corrected chi connectivity index (χ2v) is 3.78. The molecule has 0 amide bonds. The van der Waals surface area contributed by atoms with Gasteiger partial charge in [0.2, 0.25) is 0 Å². The molecular formula is C11H20N2O2. The van der Waals surface area contributed by atoms with E-state index in [0.29, 0.717) is 6.61 Å². The average Bonchev–Trinajstić information content (AvgIpc) is 2.28. The summed E-state index contributed by atoms with van der Waals surface area (Å²) in [6, 6.07) is 0. The van der Waals surface area contributed by atoms with Crippen molar-refractivity contribution >= 4 is 11.8 Å². The molecule has 4 heteroatoms. The van der Waals surface area contributed by atoms with Crippen LogP contribution in [-0.2, 0) is 9.53 Å². The molecule has 1 aliphatic rings. The summed E-state index contributed by atoms with van der Waals surface area (Å²) in [6.07, 6.45) is 1.76. The summed E-state index contributed by atoms with van der Waals surface area (Å²) in [5.41, 5.74) is 0. The summed E-state index contributed by atoms with van der Waals surface area (Å²) >= 11 is 0. The lowest BCUT2D eigenvalue weighted by molar-refractivity contribution is -0.149. The Bertz CT molecular complexity index is 243. The molecule has 0 unspecified atom stereocenters. The highest BCUT2D eigenvalue weighted by atomic mass is 16.5. The van der Waals surface area contributed by atoms with Crippen molar-refractivity contribution < 1.29 is 9.53 Å². The fourth-order valence-corrected chi connectivity index (χ4v) is 1.84. The van der Waals surface area contributed by atoms with Gasteiger partial charge in [0.1, 0.15) is 0 Å². The molecule has 0 aromatic heterocycles. The van der Waals surface area contributed by atoms with Crippen LogP contribution in [0.25, 0.3) is 0 Å². The topological polar surface area (TPSA) is 41.9 Å². The first-order valence-corrected chi connectivity index (χ1v) is 5.54. The molecule has 0 N–H and O–H groups in total. The molecule has 0 aliphatic carbocycles. The molecule has 0 radical (unpaired) electrons.